The van der Waals surface area contributed by atoms with Gasteiger partial charge in [-0.15, -0.1) is 0 Å². The number of amides is 2. The molecular formula is C18H19Cl2F3N4O2. The van der Waals surface area contributed by atoms with Gasteiger partial charge in [0.2, 0.25) is 0 Å². The van der Waals surface area contributed by atoms with E-state index in [0.717, 1.165) is 11.1 Å². The minimum atomic E-state index is -2.72. The van der Waals surface area contributed by atoms with E-state index in [4.69, 9.17) is 33.8 Å². The average Bonchev–Trinajstić information content (AvgIpc) is 2.65. The van der Waals surface area contributed by atoms with Gasteiger partial charge in [0.25, 0.3) is 6.43 Å². The number of hydrogen-bond acceptors (Lipinski definition) is 4. The Bertz CT molecular complexity index is 886. The number of carbonyl (C=O) groups is 1. The van der Waals surface area contributed by atoms with E-state index in [1.165, 1.54) is 18.3 Å². The Kier molecular flexibility index (Phi) is 7.95. The summed E-state index contributed by atoms with van der Waals surface area (Å²) in [4.78, 5) is 15.9. The van der Waals surface area contributed by atoms with Gasteiger partial charge in [0.15, 0.2) is 0 Å². The second-order valence-corrected chi connectivity index (χ2v) is 6.86. The summed E-state index contributed by atoms with van der Waals surface area (Å²) >= 11 is 12.0. The summed E-state index contributed by atoms with van der Waals surface area (Å²) in [6, 6.07) is 2.50. The lowest BCUT2D eigenvalue weighted by Gasteiger charge is -2.20. The van der Waals surface area contributed by atoms with Crippen LogP contribution in [-0.4, -0.2) is 35.6 Å². The molecule has 0 unspecified atom stereocenters. The van der Waals surface area contributed by atoms with Gasteiger partial charge >= 0.3 is 6.03 Å². The van der Waals surface area contributed by atoms with E-state index in [1.54, 1.807) is 13.8 Å². The largest absolute Gasteiger partial charge is 0.485 e. The summed E-state index contributed by atoms with van der Waals surface area (Å²) in [5.41, 5.74) is 0.388. The van der Waals surface area contributed by atoms with Gasteiger partial charge in [-0.3, -0.25) is 9.99 Å². The molecule has 29 heavy (non-hydrogen) atoms. The number of halogens is 5. The first kappa shape index (κ1) is 23.1. The number of nitrogens with zero attached hydrogens (tertiary/aromatic N) is 2. The van der Waals surface area contributed by atoms with Crippen molar-refractivity contribution in [1.29, 1.82) is 0 Å². The van der Waals surface area contributed by atoms with Crippen LogP contribution in [0.5, 0.6) is 5.75 Å². The molecule has 2 amide bonds. The summed E-state index contributed by atoms with van der Waals surface area (Å²) in [6.45, 7) is 2.60. The quantitative estimate of drug-likeness (QED) is 0.360. The summed E-state index contributed by atoms with van der Waals surface area (Å²) in [5, 5.41) is 3.66. The van der Waals surface area contributed by atoms with Crippen LogP contribution in [0.3, 0.4) is 0 Å². The fraction of sp³-hybridized carbons (Fsp3) is 0.333. The molecule has 158 valence electrons. The van der Waals surface area contributed by atoms with Gasteiger partial charge in [0.05, 0.1) is 16.8 Å². The van der Waals surface area contributed by atoms with Crippen LogP contribution in [0.4, 0.5) is 18.0 Å². The Balaban J connectivity index is 2.36. The SMILES string of the molecule is CCN(N)C(=O)N[C@H](C)c1ncc(-c2cc(Cl)cc(Cl)c2OCC(F)F)cc1F. The second kappa shape index (κ2) is 10.00. The standard InChI is InChI=1S/C18H19Cl2F3N4O2/c1-3-27(24)18(28)26-9(2)16-14(21)4-10(7-25-16)12-5-11(19)6-13(20)17(12)29-8-15(22)23/h4-7,9,15H,3,8,24H2,1-2H3,(H,26,28)/t9-/m1/s1. The van der Waals surface area contributed by atoms with Crippen molar-refractivity contribution in [3.05, 3.63) is 46.0 Å². The van der Waals surface area contributed by atoms with Gasteiger partial charge in [-0.1, -0.05) is 23.2 Å². The molecule has 0 aliphatic heterocycles. The molecule has 0 aliphatic rings. The minimum absolute atomic E-state index is 0.000805. The number of urea groups is 1. The lowest BCUT2D eigenvalue weighted by molar-refractivity contribution is 0.0822. The van der Waals surface area contributed by atoms with Gasteiger partial charge in [0, 0.05) is 28.9 Å². The van der Waals surface area contributed by atoms with Crippen LogP contribution in [0, 0.1) is 5.82 Å². The Morgan fingerprint density at radius 1 is 1.34 bits per heavy atom. The molecule has 0 saturated heterocycles. The fourth-order valence-electron chi connectivity index (χ4n) is 2.46. The van der Waals surface area contributed by atoms with Crippen molar-refractivity contribution in [2.24, 2.45) is 5.84 Å². The Morgan fingerprint density at radius 3 is 2.62 bits per heavy atom. The van der Waals surface area contributed by atoms with Crippen molar-refractivity contribution in [3.8, 4) is 16.9 Å². The summed E-state index contributed by atoms with van der Waals surface area (Å²) in [7, 11) is 0. The third-order valence-corrected chi connectivity index (χ3v) is 4.39. The van der Waals surface area contributed by atoms with Crippen LogP contribution >= 0.6 is 23.2 Å². The molecule has 0 bridgehead atoms. The highest BCUT2D eigenvalue weighted by atomic mass is 35.5. The third kappa shape index (κ3) is 5.88. The highest BCUT2D eigenvalue weighted by Crippen LogP contribution is 2.39. The molecule has 0 aliphatic carbocycles. The molecule has 0 spiro atoms. The molecule has 6 nitrogen and oxygen atoms in total. The maximum atomic E-state index is 14.7. The molecule has 1 heterocycles. The monoisotopic (exact) mass is 450 g/mol. The zero-order chi connectivity index (χ0) is 21.7. The Hall–Kier alpha value is -2.23. The molecule has 1 aromatic heterocycles. The maximum absolute atomic E-state index is 14.7. The van der Waals surface area contributed by atoms with Gasteiger partial charge in [-0.05, 0) is 32.0 Å². The van der Waals surface area contributed by atoms with Gasteiger partial charge in [0.1, 0.15) is 18.2 Å². The number of ether oxygens (including phenoxy) is 1. The molecule has 1 aromatic carbocycles. The normalized spacial score (nSPS) is 12.0. The zero-order valence-corrected chi connectivity index (χ0v) is 17.1. The van der Waals surface area contributed by atoms with Crippen LogP contribution in [0.25, 0.3) is 11.1 Å². The van der Waals surface area contributed by atoms with Crippen LogP contribution in [-0.2, 0) is 0 Å². The molecule has 0 fully saturated rings. The topological polar surface area (TPSA) is 80.5 Å². The van der Waals surface area contributed by atoms with E-state index >= 15 is 0 Å². The van der Waals surface area contributed by atoms with Gasteiger partial charge < -0.3 is 10.1 Å². The number of aromatic nitrogens is 1. The van der Waals surface area contributed by atoms with Crippen LogP contribution < -0.4 is 15.9 Å². The third-order valence-electron chi connectivity index (χ3n) is 3.89. The van der Waals surface area contributed by atoms with Gasteiger partial charge in [-0.25, -0.2) is 23.8 Å². The van der Waals surface area contributed by atoms with E-state index in [0.29, 0.717) is 0 Å². The van der Waals surface area contributed by atoms with Crippen LogP contribution in [0.1, 0.15) is 25.6 Å². The van der Waals surface area contributed by atoms with E-state index in [2.05, 4.69) is 10.3 Å². The number of alkyl halides is 2. The smallest absolute Gasteiger partial charge is 0.332 e. The number of nitrogens with one attached hydrogen (secondary N) is 1. The van der Waals surface area contributed by atoms with Crippen LogP contribution in [0.15, 0.2) is 24.4 Å². The number of rotatable bonds is 7. The zero-order valence-electron chi connectivity index (χ0n) is 15.6. The first-order chi connectivity index (χ1) is 13.6. The summed E-state index contributed by atoms with van der Waals surface area (Å²) in [6.07, 6.45) is -1.42. The number of hydrogen-bond donors (Lipinski definition) is 2. The Morgan fingerprint density at radius 2 is 2.03 bits per heavy atom. The number of carbonyl (C=O) groups excluding carboxylic acids is 1. The summed E-state index contributed by atoms with van der Waals surface area (Å²) < 4.78 is 44.9. The van der Waals surface area contributed by atoms with Crippen molar-refractivity contribution in [2.45, 2.75) is 26.3 Å². The van der Waals surface area contributed by atoms with Crippen molar-refractivity contribution < 1.29 is 22.7 Å². The van der Waals surface area contributed by atoms with Crippen molar-refractivity contribution in [1.82, 2.24) is 15.3 Å². The van der Waals surface area contributed by atoms with E-state index < -0.39 is 30.9 Å². The molecule has 0 saturated carbocycles. The predicted molar refractivity (Wildman–Crippen MR) is 105 cm³/mol. The molecule has 0 radical (unpaired) electrons. The minimum Gasteiger partial charge on any atom is -0.485 e. The van der Waals surface area contributed by atoms with Crippen molar-refractivity contribution in [2.75, 3.05) is 13.2 Å². The number of pyridine rings is 1. The molecular weight excluding hydrogens is 432 g/mol. The molecule has 11 heteroatoms. The number of nitrogens with two attached hydrogens (primary N) is 1. The fourth-order valence-corrected chi connectivity index (χ4v) is 3.01. The lowest BCUT2D eigenvalue weighted by Crippen LogP contribution is -2.45. The molecule has 2 aromatic rings. The summed E-state index contributed by atoms with van der Waals surface area (Å²) in [5.74, 6) is 4.70. The van der Waals surface area contributed by atoms with E-state index in [-0.39, 0.29) is 39.2 Å². The first-order valence-corrected chi connectivity index (χ1v) is 9.28. The number of benzene rings is 1. The first-order valence-electron chi connectivity index (χ1n) is 8.52. The van der Waals surface area contributed by atoms with Crippen molar-refractivity contribution in [3.63, 3.8) is 0 Å². The maximum Gasteiger partial charge on any atom is 0.332 e. The van der Waals surface area contributed by atoms with Crippen molar-refractivity contribution >= 4 is 29.2 Å². The Labute approximate surface area is 175 Å². The molecule has 1 atom stereocenters. The molecule has 3 N–H and O–H groups in total. The van der Waals surface area contributed by atoms with E-state index in [9.17, 15) is 18.0 Å². The van der Waals surface area contributed by atoms with Crippen LogP contribution in [0.2, 0.25) is 10.0 Å². The predicted octanol–water partition coefficient (Wildman–Crippen LogP) is 4.80. The lowest BCUT2D eigenvalue weighted by atomic mass is 10.0. The second-order valence-electron chi connectivity index (χ2n) is 6.01. The number of hydrazine groups is 1. The molecule has 2 rings (SSSR count). The highest BCUT2D eigenvalue weighted by Gasteiger charge is 2.20. The van der Waals surface area contributed by atoms with Gasteiger partial charge in [-0.2, -0.15) is 0 Å². The average molecular weight is 451 g/mol. The highest BCUT2D eigenvalue weighted by molar-refractivity contribution is 6.36. The van der Waals surface area contributed by atoms with E-state index in [1.807, 2.05) is 0 Å².